The van der Waals surface area contributed by atoms with Gasteiger partial charge in [-0.1, -0.05) is 47.7 Å². The minimum Gasteiger partial charge on any atom is -0.508 e. The summed E-state index contributed by atoms with van der Waals surface area (Å²) in [5.41, 5.74) is 0. The molecule has 5 nitrogen and oxygen atoms in total. The molecule has 0 heterocycles. The van der Waals surface area contributed by atoms with Gasteiger partial charge in [-0.25, -0.2) is 0 Å². The van der Waals surface area contributed by atoms with Crippen LogP contribution in [0.25, 0.3) is 0 Å². The van der Waals surface area contributed by atoms with E-state index in [9.17, 15) is 13.5 Å². The zero-order valence-corrected chi connectivity index (χ0v) is 13.6. The van der Waals surface area contributed by atoms with Crippen molar-refractivity contribution in [3.05, 3.63) is 48.5 Å². The molecule has 2 aromatic rings. The maximum absolute atomic E-state index is 10.9. The zero-order chi connectivity index (χ0) is 15.7. The van der Waals surface area contributed by atoms with Crippen LogP contribution in [0.2, 0.25) is 13.1 Å². The van der Waals surface area contributed by atoms with E-state index >= 15 is 0 Å². The minimum atomic E-state index is -4.00. The van der Waals surface area contributed by atoms with Crippen LogP contribution >= 0.6 is 0 Å². The van der Waals surface area contributed by atoms with Gasteiger partial charge in [0.25, 0.3) is 0 Å². The molecule has 0 radical (unpaired) electrons. The molecule has 3 N–H and O–H groups in total. The van der Waals surface area contributed by atoms with Crippen molar-refractivity contribution in [2.45, 2.75) is 13.1 Å². The predicted octanol–water partition coefficient (Wildman–Crippen LogP) is 0.797. The molecule has 112 valence electrons. The summed E-state index contributed by atoms with van der Waals surface area (Å²) in [7, 11) is -5.91. The van der Waals surface area contributed by atoms with Crippen molar-refractivity contribution in [2.24, 2.45) is 5.14 Å². The van der Waals surface area contributed by atoms with E-state index in [0.29, 0.717) is 0 Å². The largest absolute Gasteiger partial charge is 0.508 e. The highest BCUT2D eigenvalue weighted by atomic mass is 32.2. The quantitative estimate of drug-likeness (QED) is 0.814. The van der Waals surface area contributed by atoms with Crippen LogP contribution in [0, 0.1) is 0 Å². The van der Waals surface area contributed by atoms with Crippen molar-refractivity contribution in [1.82, 2.24) is 0 Å². The molecule has 0 saturated heterocycles. The number of hydrogen-bond donors (Lipinski definition) is 2. The lowest BCUT2D eigenvalue weighted by atomic mass is 10.3. The molecule has 0 aromatic heterocycles. The molecule has 0 atom stereocenters. The average Bonchev–Trinajstić information content (AvgIpc) is 2.38. The van der Waals surface area contributed by atoms with Crippen molar-refractivity contribution in [3.63, 3.8) is 0 Å². The summed E-state index contributed by atoms with van der Waals surface area (Å²) in [5, 5.41) is 16.5. The molecule has 0 aliphatic carbocycles. The molecule has 21 heavy (non-hydrogen) atoms. The number of aromatic hydroxyl groups is 1. The molecule has 0 fully saturated rings. The van der Waals surface area contributed by atoms with Crippen LogP contribution in [0.15, 0.2) is 48.5 Å². The first-order valence-corrected chi connectivity index (χ1v) is 10.8. The Balaban J connectivity index is 2.30. The standard InChI is InChI=1S/C14H17NO4SSi/c1-21(2,13-7-3-11(16)4-8-13)14-9-5-12(6-10-14)19-20(15,17)18/h3-10,16H,1-2H3,(H2,15,17,18). The predicted molar refractivity (Wildman–Crippen MR) is 85.0 cm³/mol. The van der Waals surface area contributed by atoms with Crippen molar-refractivity contribution in [1.29, 1.82) is 0 Å². The van der Waals surface area contributed by atoms with Gasteiger partial charge in [-0.15, -0.1) is 0 Å². The highest BCUT2D eigenvalue weighted by Crippen LogP contribution is 2.13. The molecule has 2 aromatic carbocycles. The summed E-state index contributed by atoms with van der Waals surface area (Å²) in [5.74, 6) is 0.428. The summed E-state index contributed by atoms with van der Waals surface area (Å²) in [6.07, 6.45) is 0. The lowest BCUT2D eigenvalue weighted by Gasteiger charge is -2.23. The Morgan fingerprint density at radius 1 is 0.952 bits per heavy atom. The number of phenolic OH excluding ortho intramolecular Hbond substituents is 1. The first-order valence-electron chi connectivity index (χ1n) is 6.31. The van der Waals surface area contributed by atoms with E-state index in [1.165, 1.54) is 5.19 Å². The summed E-state index contributed by atoms with van der Waals surface area (Å²) >= 11 is 0. The first-order chi connectivity index (χ1) is 9.68. The van der Waals surface area contributed by atoms with E-state index in [1.807, 2.05) is 24.3 Å². The summed E-state index contributed by atoms with van der Waals surface area (Å²) in [6.45, 7) is 4.35. The van der Waals surface area contributed by atoms with Gasteiger partial charge in [0.2, 0.25) is 0 Å². The van der Waals surface area contributed by atoms with Gasteiger partial charge in [-0.05, 0) is 24.3 Å². The van der Waals surface area contributed by atoms with Crippen LogP contribution in [-0.4, -0.2) is 21.6 Å². The van der Waals surface area contributed by atoms with Crippen LogP contribution in [0.1, 0.15) is 0 Å². The number of rotatable bonds is 4. The van der Waals surface area contributed by atoms with E-state index in [-0.39, 0.29) is 11.5 Å². The van der Waals surface area contributed by atoms with E-state index in [4.69, 9.17) is 5.14 Å². The summed E-state index contributed by atoms with van der Waals surface area (Å²) < 4.78 is 26.4. The Bertz CT molecular complexity index is 725. The fourth-order valence-electron chi connectivity index (χ4n) is 2.11. The minimum absolute atomic E-state index is 0.191. The van der Waals surface area contributed by atoms with E-state index in [0.717, 1.165) is 5.19 Å². The summed E-state index contributed by atoms with van der Waals surface area (Å²) in [6, 6.07) is 14.0. The lowest BCUT2D eigenvalue weighted by Crippen LogP contribution is -2.52. The average molecular weight is 323 g/mol. The molecule has 0 aliphatic heterocycles. The number of phenols is 1. The monoisotopic (exact) mass is 323 g/mol. The van der Waals surface area contributed by atoms with E-state index < -0.39 is 18.4 Å². The molecule has 7 heteroatoms. The zero-order valence-electron chi connectivity index (χ0n) is 11.8. The maximum Gasteiger partial charge on any atom is 0.380 e. The molecular formula is C14H17NO4SSi. The third-order valence-corrected chi connectivity index (χ3v) is 7.36. The molecule has 0 amide bonds. The Morgan fingerprint density at radius 2 is 1.38 bits per heavy atom. The second-order valence-electron chi connectivity index (χ2n) is 5.27. The van der Waals surface area contributed by atoms with Gasteiger partial charge in [-0.2, -0.15) is 13.6 Å². The van der Waals surface area contributed by atoms with Gasteiger partial charge < -0.3 is 9.29 Å². The van der Waals surface area contributed by atoms with Crippen LogP contribution in [-0.2, 0) is 10.3 Å². The highest BCUT2D eigenvalue weighted by Gasteiger charge is 2.25. The third kappa shape index (κ3) is 3.84. The molecular weight excluding hydrogens is 306 g/mol. The number of nitrogens with two attached hydrogens (primary N) is 1. The van der Waals surface area contributed by atoms with Gasteiger partial charge in [-0.3, -0.25) is 0 Å². The normalized spacial score (nSPS) is 12.1. The maximum atomic E-state index is 10.9. The van der Waals surface area contributed by atoms with Gasteiger partial charge in [0.15, 0.2) is 0 Å². The molecule has 0 saturated carbocycles. The molecule has 0 bridgehead atoms. The van der Waals surface area contributed by atoms with Crippen LogP contribution in [0.3, 0.4) is 0 Å². The number of benzene rings is 2. The van der Waals surface area contributed by atoms with Gasteiger partial charge >= 0.3 is 10.3 Å². The van der Waals surface area contributed by atoms with Crippen LogP contribution < -0.4 is 19.7 Å². The Labute approximate surface area is 125 Å². The number of hydrogen-bond acceptors (Lipinski definition) is 4. The second kappa shape index (κ2) is 5.51. The fraction of sp³-hybridized carbons (Fsp3) is 0.143. The fourth-order valence-corrected chi connectivity index (χ4v) is 4.82. The Hall–Kier alpha value is -1.83. The summed E-state index contributed by atoms with van der Waals surface area (Å²) in [4.78, 5) is 0. The van der Waals surface area contributed by atoms with Crippen molar-refractivity contribution >= 4 is 28.8 Å². The van der Waals surface area contributed by atoms with Gasteiger partial charge in [0.1, 0.15) is 19.6 Å². The van der Waals surface area contributed by atoms with Crippen molar-refractivity contribution < 1.29 is 17.7 Å². The topological polar surface area (TPSA) is 89.6 Å². The van der Waals surface area contributed by atoms with Crippen molar-refractivity contribution in [2.75, 3.05) is 0 Å². The van der Waals surface area contributed by atoms with Crippen molar-refractivity contribution in [3.8, 4) is 11.5 Å². The van der Waals surface area contributed by atoms with E-state index in [2.05, 4.69) is 17.3 Å². The van der Waals surface area contributed by atoms with Crippen LogP contribution in [0.4, 0.5) is 0 Å². The molecule has 0 unspecified atom stereocenters. The van der Waals surface area contributed by atoms with E-state index in [1.54, 1.807) is 24.3 Å². The molecule has 0 spiro atoms. The first kappa shape index (κ1) is 15.6. The molecule has 0 aliphatic rings. The Morgan fingerprint density at radius 3 is 1.81 bits per heavy atom. The third-order valence-electron chi connectivity index (χ3n) is 3.38. The smallest absolute Gasteiger partial charge is 0.380 e. The van der Waals surface area contributed by atoms with Gasteiger partial charge in [0.05, 0.1) is 0 Å². The van der Waals surface area contributed by atoms with Gasteiger partial charge in [0, 0.05) is 0 Å². The molecule has 2 rings (SSSR count). The lowest BCUT2D eigenvalue weighted by molar-refractivity contribution is 0.475. The van der Waals surface area contributed by atoms with Crippen LogP contribution in [0.5, 0.6) is 11.5 Å². The second-order valence-corrected chi connectivity index (χ2v) is 10.8. The SMILES string of the molecule is C[Si](C)(c1ccc(O)cc1)c1ccc(OS(N)(=O)=O)cc1. The Kier molecular flexibility index (Phi) is 4.08. The highest BCUT2D eigenvalue weighted by molar-refractivity contribution is 7.84.